The first-order chi connectivity index (χ1) is 9.09. The van der Waals surface area contributed by atoms with E-state index in [4.69, 9.17) is 10.5 Å². The Morgan fingerprint density at radius 2 is 1.79 bits per heavy atom. The lowest BCUT2D eigenvalue weighted by atomic mass is 10.0. The fraction of sp³-hybridized carbons (Fsp3) is 0.429. The minimum absolute atomic E-state index is 0.241. The number of fused-ring (bicyclic) bond motifs is 2. The Bertz CT molecular complexity index is 521. The van der Waals surface area contributed by atoms with Crippen molar-refractivity contribution in [2.24, 2.45) is 0 Å². The number of amides is 2. The molecule has 3 rings (SSSR count). The van der Waals surface area contributed by atoms with Gasteiger partial charge in [0.1, 0.15) is 12.2 Å². The Balaban J connectivity index is 1.95. The molecule has 5 nitrogen and oxygen atoms in total. The van der Waals surface area contributed by atoms with E-state index in [2.05, 4.69) is 0 Å². The Morgan fingerprint density at radius 1 is 1.21 bits per heavy atom. The minimum Gasteiger partial charge on any atom is -0.398 e. The summed E-state index contributed by atoms with van der Waals surface area (Å²) in [4.78, 5) is 25.8. The normalized spacial score (nSPS) is 27.7. The van der Waals surface area contributed by atoms with Gasteiger partial charge in [-0.1, -0.05) is 18.2 Å². The number of imide groups is 1. The Kier molecular flexibility index (Phi) is 2.78. The van der Waals surface area contributed by atoms with Crippen LogP contribution < -0.4 is 5.73 Å². The van der Waals surface area contributed by atoms with Gasteiger partial charge >= 0.3 is 0 Å². The summed E-state index contributed by atoms with van der Waals surface area (Å²) in [6.45, 7) is 1.83. The molecule has 2 fully saturated rings. The summed E-state index contributed by atoms with van der Waals surface area (Å²) in [7, 11) is 0. The largest absolute Gasteiger partial charge is 0.398 e. The van der Waals surface area contributed by atoms with Crippen LogP contribution in [0, 0.1) is 0 Å². The van der Waals surface area contributed by atoms with Crippen molar-refractivity contribution in [1.29, 1.82) is 0 Å². The molecule has 2 heterocycles. The predicted molar refractivity (Wildman–Crippen MR) is 69.0 cm³/mol. The number of ether oxygens (including phenoxy) is 1. The molecular weight excluding hydrogens is 244 g/mol. The maximum absolute atomic E-state index is 12.3. The average molecular weight is 260 g/mol. The van der Waals surface area contributed by atoms with Crippen LogP contribution >= 0.6 is 0 Å². The zero-order chi connectivity index (χ0) is 13.6. The maximum Gasteiger partial charge on any atom is 0.258 e. The number of likely N-dealkylation sites (tertiary alicyclic amines) is 1. The number of carbonyl (C=O) groups excluding carboxylic acids is 2. The second-order valence-electron chi connectivity index (χ2n) is 5.04. The maximum atomic E-state index is 12.3. The molecule has 2 amide bonds. The van der Waals surface area contributed by atoms with Gasteiger partial charge in [-0.15, -0.1) is 0 Å². The van der Waals surface area contributed by atoms with Gasteiger partial charge in [-0.25, -0.2) is 0 Å². The number of nitrogens with zero attached hydrogens (tertiary/aromatic N) is 1. The smallest absolute Gasteiger partial charge is 0.258 e. The van der Waals surface area contributed by atoms with E-state index >= 15 is 0 Å². The summed E-state index contributed by atoms with van der Waals surface area (Å²) in [5, 5.41) is 0. The van der Waals surface area contributed by atoms with Crippen LogP contribution in [0.25, 0.3) is 0 Å². The van der Waals surface area contributed by atoms with Crippen molar-refractivity contribution in [3.8, 4) is 0 Å². The van der Waals surface area contributed by atoms with E-state index in [1.165, 1.54) is 4.90 Å². The van der Waals surface area contributed by atoms with Gasteiger partial charge in [0.25, 0.3) is 11.8 Å². The number of nitrogens with two attached hydrogens (primary N) is 1. The molecule has 1 aromatic carbocycles. The predicted octanol–water partition coefficient (Wildman–Crippen LogP) is 1.25. The highest BCUT2D eigenvalue weighted by molar-refractivity contribution is 6.02. The molecule has 2 saturated heterocycles. The molecule has 0 aromatic heterocycles. The van der Waals surface area contributed by atoms with Crippen LogP contribution in [0.15, 0.2) is 24.3 Å². The van der Waals surface area contributed by atoms with Crippen molar-refractivity contribution in [2.75, 3.05) is 5.73 Å². The Labute approximate surface area is 111 Å². The van der Waals surface area contributed by atoms with Crippen LogP contribution in [0.2, 0.25) is 0 Å². The molecule has 0 aliphatic carbocycles. The first-order valence-corrected chi connectivity index (χ1v) is 6.46. The molecule has 2 aliphatic rings. The topological polar surface area (TPSA) is 72.6 Å². The van der Waals surface area contributed by atoms with Gasteiger partial charge in [-0.05, 0) is 31.4 Å². The number of hydrogen-bond acceptors (Lipinski definition) is 4. The third-order valence-electron chi connectivity index (χ3n) is 3.88. The van der Waals surface area contributed by atoms with Gasteiger partial charge in [0, 0.05) is 5.69 Å². The van der Waals surface area contributed by atoms with E-state index in [0.29, 0.717) is 18.5 Å². The molecule has 3 atom stereocenters. The van der Waals surface area contributed by atoms with Crippen LogP contribution in [0.4, 0.5) is 5.69 Å². The summed E-state index contributed by atoms with van der Waals surface area (Å²) < 4.78 is 5.40. The van der Waals surface area contributed by atoms with E-state index in [9.17, 15) is 9.59 Å². The van der Waals surface area contributed by atoms with Gasteiger partial charge in [0.05, 0.1) is 6.04 Å². The van der Waals surface area contributed by atoms with E-state index < -0.39 is 12.2 Å². The van der Waals surface area contributed by atoms with Gasteiger partial charge in [-0.2, -0.15) is 0 Å². The van der Waals surface area contributed by atoms with Gasteiger partial charge < -0.3 is 10.5 Å². The summed E-state index contributed by atoms with van der Waals surface area (Å²) >= 11 is 0. The molecule has 2 bridgehead atoms. The lowest BCUT2D eigenvalue weighted by Gasteiger charge is -2.34. The van der Waals surface area contributed by atoms with Gasteiger partial charge in [0.15, 0.2) is 0 Å². The molecule has 19 heavy (non-hydrogen) atoms. The fourth-order valence-corrected chi connectivity index (χ4v) is 2.83. The number of hydrogen-bond donors (Lipinski definition) is 1. The monoisotopic (exact) mass is 260 g/mol. The van der Waals surface area contributed by atoms with E-state index in [0.717, 1.165) is 5.56 Å². The number of nitrogen functional groups attached to an aromatic ring is 1. The number of para-hydroxylation sites is 1. The molecule has 0 spiro atoms. The number of rotatable bonds is 2. The van der Waals surface area contributed by atoms with Crippen molar-refractivity contribution in [3.05, 3.63) is 29.8 Å². The SMILES string of the molecule is CC(c1ccccc1N)N1C(=O)C2CCC(O2)C1=O. The summed E-state index contributed by atoms with van der Waals surface area (Å²) in [5.74, 6) is -0.482. The van der Waals surface area contributed by atoms with Crippen molar-refractivity contribution in [2.45, 2.75) is 38.0 Å². The van der Waals surface area contributed by atoms with Crippen LogP contribution in [0.1, 0.15) is 31.4 Å². The van der Waals surface area contributed by atoms with Crippen LogP contribution in [0.3, 0.4) is 0 Å². The molecule has 5 heteroatoms. The Morgan fingerprint density at radius 3 is 2.37 bits per heavy atom. The highest BCUT2D eigenvalue weighted by atomic mass is 16.5. The average Bonchev–Trinajstić information content (AvgIpc) is 2.84. The van der Waals surface area contributed by atoms with Gasteiger partial charge in [-0.3, -0.25) is 14.5 Å². The quantitative estimate of drug-likeness (QED) is 0.641. The third-order valence-corrected chi connectivity index (χ3v) is 3.88. The second kappa shape index (κ2) is 4.35. The van der Waals surface area contributed by atoms with Crippen LogP contribution in [-0.4, -0.2) is 28.9 Å². The number of benzene rings is 1. The van der Waals surface area contributed by atoms with E-state index in [1.54, 1.807) is 6.07 Å². The van der Waals surface area contributed by atoms with Gasteiger partial charge in [0.2, 0.25) is 0 Å². The number of carbonyl (C=O) groups is 2. The molecule has 1 aromatic rings. The first kappa shape index (κ1) is 12.2. The summed E-state index contributed by atoms with van der Waals surface area (Å²) in [6, 6.07) is 6.95. The molecule has 0 radical (unpaired) electrons. The highest BCUT2D eigenvalue weighted by Crippen LogP contribution is 2.34. The zero-order valence-electron chi connectivity index (χ0n) is 10.7. The lowest BCUT2D eigenvalue weighted by Crippen LogP contribution is -2.52. The highest BCUT2D eigenvalue weighted by Gasteiger charge is 2.48. The molecule has 3 unspecified atom stereocenters. The Hall–Kier alpha value is -1.88. The third kappa shape index (κ3) is 1.81. The minimum atomic E-state index is -0.463. The second-order valence-corrected chi connectivity index (χ2v) is 5.04. The molecule has 2 aliphatic heterocycles. The van der Waals surface area contributed by atoms with Crippen LogP contribution in [0.5, 0.6) is 0 Å². The number of morpholine rings is 1. The van der Waals surface area contributed by atoms with E-state index in [1.807, 2.05) is 25.1 Å². The lowest BCUT2D eigenvalue weighted by molar-refractivity contribution is -0.171. The molecular formula is C14H16N2O3. The van der Waals surface area contributed by atoms with Crippen molar-refractivity contribution in [1.82, 2.24) is 4.90 Å². The number of anilines is 1. The van der Waals surface area contributed by atoms with Crippen molar-refractivity contribution >= 4 is 17.5 Å². The molecule has 0 saturated carbocycles. The molecule has 2 N–H and O–H groups in total. The van der Waals surface area contributed by atoms with E-state index in [-0.39, 0.29) is 17.9 Å². The van der Waals surface area contributed by atoms with Crippen molar-refractivity contribution < 1.29 is 14.3 Å². The van der Waals surface area contributed by atoms with Crippen LogP contribution in [-0.2, 0) is 14.3 Å². The summed E-state index contributed by atoms with van der Waals surface area (Å²) in [5.41, 5.74) is 7.31. The first-order valence-electron chi connectivity index (χ1n) is 6.46. The molecule has 100 valence electrons. The van der Waals surface area contributed by atoms with Crippen molar-refractivity contribution in [3.63, 3.8) is 0 Å². The fourth-order valence-electron chi connectivity index (χ4n) is 2.83. The standard InChI is InChI=1S/C14H16N2O3/c1-8(9-4-2-3-5-10(9)15)16-13(17)11-6-7-12(19-11)14(16)18/h2-5,8,11-12H,6-7,15H2,1H3. The zero-order valence-corrected chi connectivity index (χ0v) is 10.7. The summed E-state index contributed by atoms with van der Waals surface area (Å²) in [6.07, 6.45) is 0.330.